The molecular weight excluding hydrogens is 254 g/mol. The molecule has 0 saturated heterocycles. The van der Waals surface area contributed by atoms with Crippen LogP contribution in [0.2, 0.25) is 0 Å². The van der Waals surface area contributed by atoms with Crippen molar-refractivity contribution in [2.75, 3.05) is 18.9 Å². The van der Waals surface area contributed by atoms with Crippen molar-refractivity contribution in [3.63, 3.8) is 0 Å². The number of hydrogen-bond acceptors (Lipinski definition) is 4. The average Bonchev–Trinajstić information content (AvgIpc) is 2.72. The molecule has 5 heteroatoms. The molecule has 0 aliphatic heterocycles. The number of para-hydroxylation sites is 1. The summed E-state index contributed by atoms with van der Waals surface area (Å²) in [5.74, 6) is 1.48. The van der Waals surface area contributed by atoms with Gasteiger partial charge >= 0.3 is 0 Å². The van der Waals surface area contributed by atoms with Gasteiger partial charge in [0.25, 0.3) is 0 Å². The highest BCUT2D eigenvalue weighted by molar-refractivity contribution is 5.52. The first kappa shape index (κ1) is 14.2. The number of aryl methyl sites for hydroxylation is 2. The molecule has 0 atom stereocenters. The summed E-state index contributed by atoms with van der Waals surface area (Å²) in [7, 11) is 0. The number of ether oxygens (including phenoxy) is 2. The maximum Gasteiger partial charge on any atom is 0.236 e. The van der Waals surface area contributed by atoms with Crippen LogP contribution in [-0.4, -0.2) is 23.0 Å². The van der Waals surface area contributed by atoms with Crippen LogP contribution in [0.25, 0.3) is 0 Å². The van der Waals surface area contributed by atoms with Crippen LogP contribution >= 0.6 is 0 Å². The molecule has 0 radical (unpaired) electrons. The summed E-state index contributed by atoms with van der Waals surface area (Å²) in [6, 6.07) is 9.66. The molecule has 0 aliphatic rings. The van der Waals surface area contributed by atoms with Crippen LogP contribution in [-0.2, 0) is 6.54 Å². The van der Waals surface area contributed by atoms with Gasteiger partial charge < -0.3 is 15.2 Å². The van der Waals surface area contributed by atoms with E-state index in [1.165, 1.54) is 0 Å². The van der Waals surface area contributed by atoms with Gasteiger partial charge in [-0.25, -0.2) is 4.68 Å². The van der Waals surface area contributed by atoms with Crippen molar-refractivity contribution >= 4 is 5.69 Å². The largest absolute Gasteiger partial charge is 0.490 e. The minimum Gasteiger partial charge on any atom is -0.490 e. The molecule has 2 aromatic rings. The summed E-state index contributed by atoms with van der Waals surface area (Å²) in [5.41, 5.74) is 7.39. The lowest BCUT2D eigenvalue weighted by atomic mass is 10.3. The van der Waals surface area contributed by atoms with Gasteiger partial charge in [-0.15, -0.1) is 0 Å². The first-order valence-corrected chi connectivity index (χ1v) is 6.86. The first-order valence-electron chi connectivity index (χ1n) is 6.86. The second-order valence-corrected chi connectivity index (χ2v) is 4.54. The number of nitrogens with zero attached hydrogens (tertiary/aromatic N) is 2. The molecule has 20 heavy (non-hydrogen) atoms. The van der Waals surface area contributed by atoms with Gasteiger partial charge in [-0.2, -0.15) is 5.10 Å². The fourth-order valence-corrected chi connectivity index (χ4v) is 1.90. The Morgan fingerprint density at radius 1 is 1.15 bits per heavy atom. The van der Waals surface area contributed by atoms with Gasteiger partial charge in [0.1, 0.15) is 24.7 Å². The van der Waals surface area contributed by atoms with E-state index in [-0.39, 0.29) is 0 Å². The summed E-state index contributed by atoms with van der Waals surface area (Å²) in [6.07, 6.45) is 0.984. The van der Waals surface area contributed by atoms with E-state index in [2.05, 4.69) is 12.0 Å². The monoisotopic (exact) mass is 275 g/mol. The molecule has 5 nitrogen and oxygen atoms in total. The molecule has 2 N–H and O–H groups in total. The van der Waals surface area contributed by atoms with E-state index in [0.717, 1.165) is 24.4 Å². The van der Waals surface area contributed by atoms with Crippen molar-refractivity contribution in [1.29, 1.82) is 0 Å². The zero-order chi connectivity index (χ0) is 14.4. The van der Waals surface area contributed by atoms with E-state index in [1.807, 2.05) is 41.9 Å². The van der Waals surface area contributed by atoms with Crippen molar-refractivity contribution in [3.8, 4) is 11.6 Å². The number of aromatic nitrogens is 2. The molecule has 2 rings (SSSR count). The number of nitrogen functional groups attached to an aromatic ring is 1. The highest BCUT2D eigenvalue weighted by Gasteiger charge is 2.13. The van der Waals surface area contributed by atoms with Crippen molar-refractivity contribution < 1.29 is 9.47 Å². The summed E-state index contributed by atoms with van der Waals surface area (Å²) in [5, 5.41) is 4.36. The fraction of sp³-hybridized carbons (Fsp3) is 0.400. The normalized spacial score (nSPS) is 10.5. The van der Waals surface area contributed by atoms with E-state index in [9.17, 15) is 0 Å². The topological polar surface area (TPSA) is 62.3 Å². The molecule has 108 valence electrons. The third-order valence-electron chi connectivity index (χ3n) is 2.89. The Hall–Kier alpha value is -2.17. The predicted molar refractivity (Wildman–Crippen MR) is 79.1 cm³/mol. The molecule has 0 amide bonds. The molecular formula is C15H21N3O2. The maximum absolute atomic E-state index is 5.98. The summed E-state index contributed by atoms with van der Waals surface area (Å²) < 4.78 is 13.1. The average molecular weight is 275 g/mol. The third kappa shape index (κ3) is 3.44. The highest BCUT2D eigenvalue weighted by atomic mass is 16.5. The van der Waals surface area contributed by atoms with E-state index < -0.39 is 0 Å². The lowest BCUT2D eigenvalue weighted by Crippen LogP contribution is -2.12. The van der Waals surface area contributed by atoms with Gasteiger partial charge in [0.2, 0.25) is 5.88 Å². The minimum atomic E-state index is 0.438. The SMILES string of the molecule is CCCn1nc(C)c(N)c1OCCOc1ccccc1. The lowest BCUT2D eigenvalue weighted by Gasteiger charge is -2.10. The summed E-state index contributed by atoms with van der Waals surface area (Å²) in [4.78, 5) is 0. The first-order chi connectivity index (χ1) is 9.72. The van der Waals surface area contributed by atoms with Crippen molar-refractivity contribution in [3.05, 3.63) is 36.0 Å². The quantitative estimate of drug-likeness (QED) is 0.789. The summed E-state index contributed by atoms with van der Waals surface area (Å²) >= 11 is 0. The molecule has 0 bridgehead atoms. The second-order valence-electron chi connectivity index (χ2n) is 4.54. The van der Waals surface area contributed by atoms with Crippen LogP contribution in [0.15, 0.2) is 30.3 Å². The van der Waals surface area contributed by atoms with Gasteiger partial charge in [0.15, 0.2) is 0 Å². The van der Waals surface area contributed by atoms with Crippen LogP contribution < -0.4 is 15.2 Å². The van der Waals surface area contributed by atoms with Gasteiger partial charge in [-0.3, -0.25) is 0 Å². The number of benzene rings is 1. The summed E-state index contributed by atoms with van der Waals surface area (Å²) in [6.45, 7) is 5.69. The zero-order valence-electron chi connectivity index (χ0n) is 12.0. The van der Waals surface area contributed by atoms with Gasteiger partial charge in [-0.05, 0) is 25.5 Å². The van der Waals surface area contributed by atoms with E-state index >= 15 is 0 Å². The molecule has 0 aliphatic carbocycles. The maximum atomic E-state index is 5.98. The van der Waals surface area contributed by atoms with Crippen LogP contribution in [0.1, 0.15) is 19.0 Å². The Balaban J connectivity index is 1.87. The number of hydrogen-bond donors (Lipinski definition) is 1. The van der Waals surface area contributed by atoms with Gasteiger partial charge in [0.05, 0.1) is 5.69 Å². The van der Waals surface area contributed by atoms with Crippen LogP contribution in [0, 0.1) is 6.92 Å². The van der Waals surface area contributed by atoms with E-state index in [4.69, 9.17) is 15.2 Å². The Bertz CT molecular complexity index is 538. The van der Waals surface area contributed by atoms with Gasteiger partial charge in [-0.1, -0.05) is 25.1 Å². The standard InChI is InChI=1S/C15H21N3O2/c1-3-9-18-15(14(16)12(2)17-18)20-11-10-19-13-7-5-4-6-8-13/h4-8H,3,9-11,16H2,1-2H3. The Kier molecular flexibility index (Phi) is 4.87. The van der Waals surface area contributed by atoms with E-state index in [0.29, 0.717) is 24.8 Å². The molecule has 0 unspecified atom stereocenters. The molecule has 0 spiro atoms. The molecule has 0 fully saturated rings. The van der Waals surface area contributed by atoms with Crippen molar-refractivity contribution in [2.45, 2.75) is 26.8 Å². The van der Waals surface area contributed by atoms with Crippen LogP contribution in [0.4, 0.5) is 5.69 Å². The lowest BCUT2D eigenvalue weighted by molar-refractivity contribution is 0.204. The zero-order valence-corrected chi connectivity index (χ0v) is 12.0. The van der Waals surface area contributed by atoms with E-state index in [1.54, 1.807) is 0 Å². The minimum absolute atomic E-state index is 0.438. The second kappa shape index (κ2) is 6.84. The van der Waals surface area contributed by atoms with Crippen LogP contribution in [0.3, 0.4) is 0 Å². The van der Waals surface area contributed by atoms with Crippen molar-refractivity contribution in [1.82, 2.24) is 9.78 Å². The fourth-order valence-electron chi connectivity index (χ4n) is 1.90. The number of nitrogens with two attached hydrogens (primary N) is 1. The number of rotatable bonds is 7. The predicted octanol–water partition coefficient (Wildman–Crippen LogP) is 2.64. The third-order valence-corrected chi connectivity index (χ3v) is 2.89. The van der Waals surface area contributed by atoms with Crippen molar-refractivity contribution in [2.24, 2.45) is 0 Å². The Labute approximate surface area is 119 Å². The molecule has 1 heterocycles. The number of anilines is 1. The highest BCUT2D eigenvalue weighted by Crippen LogP contribution is 2.25. The Morgan fingerprint density at radius 3 is 2.55 bits per heavy atom. The Morgan fingerprint density at radius 2 is 1.85 bits per heavy atom. The van der Waals surface area contributed by atoms with Gasteiger partial charge in [0, 0.05) is 6.54 Å². The van der Waals surface area contributed by atoms with Crippen LogP contribution in [0.5, 0.6) is 11.6 Å². The molecule has 1 aromatic carbocycles. The molecule has 0 saturated carbocycles. The molecule has 1 aromatic heterocycles. The smallest absolute Gasteiger partial charge is 0.236 e.